The average Bonchev–Trinajstić information content (AvgIpc) is 2.23. The van der Waals surface area contributed by atoms with Crippen LogP contribution >= 0.6 is 31.9 Å². The molecule has 0 saturated heterocycles. The highest BCUT2D eigenvalue weighted by molar-refractivity contribution is 9.11. The smallest absolute Gasteiger partial charge is 0.147 e. The van der Waals surface area contributed by atoms with Crippen molar-refractivity contribution in [2.45, 2.75) is 26.5 Å². The topological polar surface area (TPSA) is 41.5 Å². The van der Waals surface area contributed by atoms with Gasteiger partial charge in [-0.2, -0.15) is 0 Å². The van der Waals surface area contributed by atoms with E-state index in [1.807, 2.05) is 19.1 Å². The monoisotopic (exact) mass is 365 g/mol. The minimum atomic E-state index is -0.329. The predicted molar refractivity (Wildman–Crippen MR) is 76.4 cm³/mol. The lowest BCUT2D eigenvalue weighted by molar-refractivity contribution is 0.191. The van der Waals surface area contributed by atoms with Crippen LogP contribution < -0.4 is 10.1 Å². The lowest BCUT2D eigenvalue weighted by Gasteiger charge is -2.12. The number of aliphatic hydroxyl groups excluding tert-OH is 1. The van der Waals surface area contributed by atoms with E-state index in [1.165, 1.54) is 0 Å². The summed E-state index contributed by atoms with van der Waals surface area (Å²) in [5, 5.41) is 12.3. The van der Waals surface area contributed by atoms with Crippen molar-refractivity contribution in [1.82, 2.24) is 5.32 Å². The number of hydrogen-bond acceptors (Lipinski definition) is 3. The molecule has 1 aromatic carbocycles. The van der Waals surface area contributed by atoms with Crippen molar-refractivity contribution >= 4 is 31.9 Å². The Morgan fingerprint density at radius 1 is 1.35 bits per heavy atom. The molecule has 0 aliphatic heterocycles. The van der Waals surface area contributed by atoms with Gasteiger partial charge >= 0.3 is 0 Å². The zero-order valence-electron chi connectivity index (χ0n) is 9.96. The van der Waals surface area contributed by atoms with Gasteiger partial charge < -0.3 is 15.2 Å². The van der Waals surface area contributed by atoms with E-state index in [0.717, 1.165) is 20.3 Å². The average molecular weight is 367 g/mol. The third kappa shape index (κ3) is 4.95. The first-order valence-electron chi connectivity index (χ1n) is 5.54. The Balaban J connectivity index is 2.69. The normalized spacial score (nSPS) is 12.5. The maximum Gasteiger partial charge on any atom is 0.147 e. The van der Waals surface area contributed by atoms with Crippen LogP contribution in [0.5, 0.6) is 5.75 Å². The molecule has 0 unspecified atom stereocenters. The molecule has 17 heavy (non-hydrogen) atoms. The third-order valence-electron chi connectivity index (χ3n) is 2.12. The third-order valence-corrected chi connectivity index (χ3v) is 3.29. The fourth-order valence-electron chi connectivity index (χ4n) is 1.42. The Bertz CT molecular complexity index is 347. The Morgan fingerprint density at radius 2 is 1.94 bits per heavy atom. The number of benzene rings is 1. The standard InChI is InChI=1S/C12H17Br2NO2/c1-3-17-12-10(13)4-9(5-11(12)14)7-15-6-8(2)16/h4-5,8,15-16H,3,6-7H2,1-2H3/t8-/m0/s1. The second kappa shape index (κ2) is 7.36. The van der Waals surface area contributed by atoms with Gasteiger partial charge in [0.05, 0.1) is 21.7 Å². The van der Waals surface area contributed by atoms with Gasteiger partial charge in [-0.05, 0) is 63.4 Å². The quantitative estimate of drug-likeness (QED) is 0.812. The minimum absolute atomic E-state index is 0.329. The Hall–Kier alpha value is -0.100. The Labute approximate surface area is 119 Å². The Kier molecular flexibility index (Phi) is 6.48. The van der Waals surface area contributed by atoms with Crippen LogP contribution in [0, 0.1) is 0 Å². The molecule has 0 spiro atoms. The molecule has 2 N–H and O–H groups in total. The highest BCUT2D eigenvalue weighted by Gasteiger charge is 2.08. The van der Waals surface area contributed by atoms with E-state index in [-0.39, 0.29) is 6.10 Å². The van der Waals surface area contributed by atoms with Gasteiger partial charge in [-0.15, -0.1) is 0 Å². The van der Waals surface area contributed by atoms with E-state index in [4.69, 9.17) is 9.84 Å². The lowest BCUT2D eigenvalue weighted by Crippen LogP contribution is -2.23. The summed E-state index contributed by atoms with van der Waals surface area (Å²) in [5.74, 6) is 0.826. The summed E-state index contributed by atoms with van der Waals surface area (Å²) in [6.07, 6.45) is -0.329. The molecule has 96 valence electrons. The van der Waals surface area contributed by atoms with Gasteiger partial charge in [-0.25, -0.2) is 0 Å². The Morgan fingerprint density at radius 3 is 2.41 bits per heavy atom. The molecule has 3 nitrogen and oxygen atoms in total. The number of hydrogen-bond donors (Lipinski definition) is 2. The second-order valence-corrected chi connectivity index (χ2v) is 5.51. The van der Waals surface area contributed by atoms with Crippen molar-refractivity contribution in [3.63, 3.8) is 0 Å². The van der Waals surface area contributed by atoms with Gasteiger partial charge in [0.1, 0.15) is 5.75 Å². The first-order valence-corrected chi connectivity index (χ1v) is 7.12. The van der Waals surface area contributed by atoms with Crippen LogP contribution in [-0.2, 0) is 6.54 Å². The molecule has 1 rings (SSSR count). The van der Waals surface area contributed by atoms with Gasteiger partial charge in [0, 0.05) is 13.1 Å². The first kappa shape index (κ1) is 15.0. The van der Waals surface area contributed by atoms with Gasteiger partial charge in [-0.1, -0.05) is 0 Å². The zero-order chi connectivity index (χ0) is 12.8. The predicted octanol–water partition coefficient (Wildman–Crippen LogP) is 3.08. The van der Waals surface area contributed by atoms with E-state index in [9.17, 15) is 0 Å². The molecule has 1 aromatic rings. The van der Waals surface area contributed by atoms with Crippen LogP contribution in [-0.4, -0.2) is 24.4 Å². The molecule has 0 aromatic heterocycles. The van der Waals surface area contributed by atoms with Gasteiger partial charge in [0.2, 0.25) is 0 Å². The van der Waals surface area contributed by atoms with Crippen LogP contribution in [0.2, 0.25) is 0 Å². The SMILES string of the molecule is CCOc1c(Br)cc(CNC[C@H](C)O)cc1Br. The van der Waals surface area contributed by atoms with Crippen molar-refractivity contribution in [3.8, 4) is 5.75 Å². The molecule has 0 saturated carbocycles. The zero-order valence-corrected chi connectivity index (χ0v) is 13.1. The van der Waals surface area contributed by atoms with Crippen LogP contribution in [0.15, 0.2) is 21.1 Å². The van der Waals surface area contributed by atoms with Crippen LogP contribution in [0.1, 0.15) is 19.4 Å². The molecule has 0 aliphatic carbocycles. The molecule has 0 radical (unpaired) electrons. The molecule has 0 aliphatic rings. The van der Waals surface area contributed by atoms with Crippen molar-refractivity contribution < 1.29 is 9.84 Å². The van der Waals surface area contributed by atoms with Crippen LogP contribution in [0.25, 0.3) is 0 Å². The van der Waals surface area contributed by atoms with Crippen molar-refractivity contribution in [3.05, 3.63) is 26.6 Å². The number of rotatable bonds is 6. The van der Waals surface area contributed by atoms with Gasteiger partial charge in [-0.3, -0.25) is 0 Å². The first-order chi connectivity index (χ1) is 8.04. The lowest BCUT2D eigenvalue weighted by atomic mass is 10.2. The summed E-state index contributed by atoms with van der Waals surface area (Å²) in [6, 6.07) is 4.04. The number of nitrogens with one attached hydrogen (secondary N) is 1. The highest BCUT2D eigenvalue weighted by atomic mass is 79.9. The minimum Gasteiger partial charge on any atom is -0.492 e. The van der Waals surface area contributed by atoms with Crippen LogP contribution in [0.3, 0.4) is 0 Å². The fourth-order valence-corrected chi connectivity index (χ4v) is 2.93. The van der Waals surface area contributed by atoms with E-state index in [2.05, 4.69) is 37.2 Å². The van der Waals surface area contributed by atoms with E-state index in [0.29, 0.717) is 19.7 Å². The number of halogens is 2. The van der Waals surface area contributed by atoms with E-state index < -0.39 is 0 Å². The number of aliphatic hydroxyl groups is 1. The highest BCUT2D eigenvalue weighted by Crippen LogP contribution is 2.34. The summed E-state index contributed by atoms with van der Waals surface area (Å²) in [4.78, 5) is 0. The molecule has 5 heteroatoms. The fraction of sp³-hybridized carbons (Fsp3) is 0.500. The molecule has 0 heterocycles. The van der Waals surface area contributed by atoms with Crippen molar-refractivity contribution in [2.75, 3.05) is 13.2 Å². The maximum atomic E-state index is 9.15. The summed E-state index contributed by atoms with van der Waals surface area (Å²) < 4.78 is 7.38. The summed E-state index contributed by atoms with van der Waals surface area (Å²) in [6.45, 7) is 5.65. The van der Waals surface area contributed by atoms with Gasteiger partial charge in [0.15, 0.2) is 0 Å². The molecule has 1 atom stereocenters. The van der Waals surface area contributed by atoms with Crippen molar-refractivity contribution in [2.24, 2.45) is 0 Å². The maximum absolute atomic E-state index is 9.15. The number of ether oxygens (including phenoxy) is 1. The van der Waals surface area contributed by atoms with Gasteiger partial charge in [0.25, 0.3) is 0 Å². The van der Waals surface area contributed by atoms with Crippen molar-refractivity contribution in [1.29, 1.82) is 0 Å². The second-order valence-electron chi connectivity index (χ2n) is 3.80. The van der Waals surface area contributed by atoms with E-state index >= 15 is 0 Å². The molecular formula is C12H17Br2NO2. The van der Waals surface area contributed by atoms with Crippen LogP contribution in [0.4, 0.5) is 0 Å². The largest absolute Gasteiger partial charge is 0.492 e. The molecule has 0 amide bonds. The molecule has 0 bridgehead atoms. The summed E-state index contributed by atoms with van der Waals surface area (Å²) in [7, 11) is 0. The molecular weight excluding hydrogens is 350 g/mol. The summed E-state index contributed by atoms with van der Waals surface area (Å²) in [5.41, 5.74) is 1.13. The van der Waals surface area contributed by atoms with E-state index in [1.54, 1.807) is 6.92 Å². The molecule has 0 fully saturated rings. The summed E-state index contributed by atoms with van der Waals surface area (Å²) >= 11 is 6.98.